The highest BCUT2D eigenvalue weighted by Gasteiger charge is 2.34. The maximum Gasteiger partial charge on any atom is 0.331 e. The van der Waals surface area contributed by atoms with Crippen LogP contribution >= 0.6 is 0 Å². The summed E-state index contributed by atoms with van der Waals surface area (Å²) in [5, 5.41) is 3.14. The molecule has 1 N–H and O–H groups in total. The van der Waals surface area contributed by atoms with Gasteiger partial charge in [0.1, 0.15) is 17.7 Å². The highest BCUT2D eigenvalue weighted by Crippen LogP contribution is 2.26. The Bertz CT molecular complexity index is 451. The third-order valence-electron chi connectivity index (χ3n) is 3.01. The van der Waals surface area contributed by atoms with E-state index in [1.54, 1.807) is 14.0 Å². The first-order valence-corrected chi connectivity index (χ1v) is 6.20. The third-order valence-corrected chi connectivity index (χ3v) is 3.01. The van der Waals surface area contributed by atoms with Crippen LogP contribution in [0.1, 0.15) is 32.3 Å². The zero-order valence-corrected chi connectivity index (χ0v) is 12.1. The van der Waals surface area contributed by atoms with Crippen molar-refractivity contribution in [2.24, 2.45) is 0 Å². The molecule has 0 saturated carbocycles. The molecule has 0 aliphatic carbocycles. The van der Waals surface area contributed by atoms with Crippen LogP contribution in [-0.2, 0) is 9.53 Å². The first-order chi connectivity index (χ1) is 8.98. The number of ether oxygens (including phenoxy) is 2. The van der Waals surface area contributed by atoms with Gasteiger partial charge in [-0.25, -0.2) is 14.8 Å². The Morgan fingerprint density at radius 2 is 2.11 bits per heavy atom. The lowest BCUT2D eigenvalue weighted by Crippen LogP contribution is -2.44. The van der Waals surface area contributed by atoms with Gasteiger partial charge in [-0.05, 0) is 20.3 Å². The molecule has 6 nitrogen and oxygen atoms in total. The van der Waals surface area contributed by atoms with Crippen LogP contribution in [0, 0.1) is 6.92 Å². The molecule has 0 amide bonds. The fraction of sp³-hybridized carbons (Fsp3) is 0.615. The van der Waals surface area contributed by atoms with Gasteiger partial charge >= 0.3 is 5.97 Å². The minimum atomic E-state index is -0.812. The second kappa shape index (κ2) is 6.36. The Morgan fingerprint density at radius 1 is 1.42 bits per heavy atom. The number of esters is 1. The largest absolute Gasteiger partial charge is 0.481 e. The number of hydrogen-bond acceptors (Lipinski definition) is 6. The Kier molecular flexibility index (Phi) is 5.09. The van der Waals surface area contributed by atoms with Crippen molar-refractivity contribution in [1.29, 1.82) is 0 Å². The molecule has 0 fully saturated rings. The van der Waals surface area contributed by atoms with Gasteiger partial charge in [-0.2, -0.15) is 0 Å². The molecule has 0 aliphatic heterocycles. The summed E-state index contributed by atoms with van der Waals surface area (Å²) in [7, 11) is 2.93. The van der Waals surface area contributed by atoms with Crippen molar-refractivity contribution in [1.82, 2.24) is 9.97 Å². The summed E-state index contributed by atoms with van der Waals surface area (Å²) >= 11 is 0. The van der Waals surface area contributed by atoms with Crippen LogP contribution in [0.15, 0.2) is 6.33 Å². The smallest absolute Gasteiger partial charge is 0.331 e. The molecule has 0 aliphatic rings. The van der Waals surface area contributed by atoms with Crippen LogP contribution in [-0.4, -0.2) is 35.7 Å². The number of anilines is 1. The van der Waals surface area contributed by atoms with E-state index >= 15 is 0 Å². The molecule has 19 heavy (non-hydrogen) atoms. The van der Waals surface area contributed by atoms with Crippen molar-refractivity contribution in [3.05, 3.63) is 11.9 Å². The number of nitrogens with zero attached hydrogens (tertiary/aromatic N) is 2. The van der Waals surface area contributed by atoms with Crippen molar-refractivity contribution in [3.63, 3.8) is 0 Å². The number of methoxy groups -OCH3 is 2. The Balaban J connectivity index is 3.06. The number of nitrogens with one attached hydrogen (secondary N) is 1. The molecule has 1 heterocycles. The van der Waals surface area contributed by atoms with E-state index in [1.807, 2.05) is 13.8 Å². The van der Waals surface area contributed by atoms with Crippen molar-refractivity contribution >= 4 is 11.8 Å². The SMILES string of the molecule is CCCC(C)(Nc1ncnc(OC)c1C)C(=O)OC. The number of aromatic nitrogens is 2. The monoisotopic (exact) mass is 267 g/mol. The minimum absolute atomic E-state index is 0.314. The maximum absolute atomic E-state index is 11.9. The first-order valence-electron chi connectivity index (χ1n) is 6.20. The number of hydrogen-bond donors (Lipinski definition) is 1. The van der Waals surface area contributed by atoms with Crippen LogP contribution in [0.25, 0.3) is 0 Å². The van der Waals surface area contributed by atoms with Crippen molar-refractivity contribution in [2.75, 3.05) is 19.5 Å². The van der Waals surface area contributed by atoms with E-state index in [0.29, 0.717) is 18.1 Å². The van der Waals surface area contributed by atoms with Crippen LogP contribution < -0.4 is 10.1 Å². The molecule has 0 spiro atoms. The van der Waals surface area contributed by atoms with Crippen molar-refractivity contribution in [3.8, 4) is 5.88 Å². The van der Waals surface area contributed by atoms with E-state index < -0.39 is 5.54 Å². The average molecular weight is 267 g/mol. The number of carbonyl (C=O) groups is 1. The van der Waals surface area contributed by atoms with Crippen molar-refractivity contribution < 1.29 is 14.3 Å². The summed E-state index contributed by atoms with van der Waals surface area (Å²) in [5.41, 5.74) is -0.0515. The molecule has 0 saturated heterocycles. The van der Waals surface area contributed by atoms with Gasteiger partial charge in [-0.3, -0.25) is 0 Å². The molecule has 0 radical (unpaired) electrons. The lowest BCUT2D eigenvalue weighted by molar-refractivity contribution is -0.145. The summed E-state index contributed by atoms with van der Waals surface area (Å²) in [6, 6.07) is 0. The molecule has 1 unspecified atom stereocenters. The maximum atomic E-state index is 11.9. The predicted molar refractivity (Wildman–Crippen MR) is 72.3 cm³/mol. The van der Waals surface area contributed by atoms with Gasteiger partial charge < -0.3 is 14.8 Å². The predicted octanol–water partition coefficient (Wildman–Crippen LogP) is 1.94. The summed E-state index contributed by atoms with van der Waals surface area (Å²) in [4.78, 5) is 20.1. The second-order valence-corrected chi connectivity index (χ2v) is 4.56. The fourth-order valence-corrected chi connectivity index (χ4v) is 1.97. The van der Waals surface area contributed by atoms with E-state index in [-0.39, 0.29) is 5.97 Å². The van der Waals surface area contributed by atoms with E-state index in [0.717, 1.165) is 12.0 Å². The summed E-state index contributed by atoms with van der Waals surface area (Å²) in [5.74, 6) is 0.751. The molecule has 106 valence electrons. The molecule has 1 atom stereocenters. The molecule has 1 aromatic rings. The molecule has 0 aromatic carbocycles. The molecular weight excluding hydrogens is 246 g/mol. The highest BCUT2D eigenvalue weighted by atomic mass is 16.5. The Morgan fingerprint density at radius 3 is 2.63 bits per heavy atom. The van der Waals surface area contributed by atoms with Gasteiger partial charge in [0.25, 0.3) is 0 Å². The van der Waals surface area contributed by atoms with Crippen molar-refractivity contribution in [2.45, 2.75) is 39.2 Å². The topological polar surface area (TPSA) is 73.3 Å². The standard InChI is InChI=1S/C13H21N3O3/c1-6-7-13(3,12(17)19-5)16-10-9(2)11(18-4)15-8-14-10/h8H,6-7H2,1-5H3,(H,14,15,16). The van der Waals surface area contributed by atoms with Gasteiger partial charge in [0.2, 0.25) is 5.88 Å². The lowest BCUT2D eigenvalue weighted by Gasteiger charge is -2.28. The minimum Gasteiger partial charge on any atom is -0.481 e. The average Bonchev–Trinajstić information content (AvgIpc) is 2.40. The van der Waals surface area contributed by atoms with Crippen LogP contribution in [0.2, 0.25) is 0 Å². The molecule has 1 rings (SSSR count). The number of rotatable bonds is 6. The molecular formula is C13H21N3O3. The van der Waals surface area contributed by atoms with Gasteiger partial charge in [0, 0.05) is 0 Å². The van der Waals surface area contributed by atoms with Gasteiger partial charge in [0.15, 0.2) is 0 Å². The fourth-order valence-electron chi connectivity index (χ4n) is 1.97. The molecule has 6 heteroatoms. The summed E-state index contributed by atoms with van der Waals surface area (Å²) < 4.78 is 10.0. The number of carbonyl (C=O) groups excluding carboxylic acids is 1. The van der Waals surface area contributed by atoms with Crippen LogP contribution in [0.3, 0.4) is 0 Å². The van der Waals surface area contributed by atoms with E-state index in [9.17, 15) is 4.79 Å². The zero-order valence-electron chi connectivity index (χ0n) is 12.1. The van der Waals surface area contributed by atoms with Gasteiger partial charge in [-0.1, -0.05) is 13.3 Å². The van der Waals surface area contributed by atoms with Gasteiger partial charge in [0.05, 0.1) is 19.8 Å². The molecule has 0 bridgehead atoms. The molecule has 1 aromatic heterocycles. The van der Waals surface area contributed by atoms with Crippen LogP contribution in [0.5, 0.6) is 5.88 Å². The third kappa shape index (κ3) is 3.33. The second-order valence-electron chi connectivity index (χ2n) is 4.56. The Labute approximate surface area is 113 Å². The summed E-state index contributed by atoms with van der Waals surface area (Å²) in [6.07, 6.45) is 2.89. The van der Waals surface area contributed by atoms with E-state index in [2.05, 4.69) is 15.3 Å². The van der Waals surface area contributed by atoms with E-state index in [4.69, 9.17) is 9.47 Å². The highest BCUT2D eigenvalue weighted by molar-refractivity contribution is 5.83. The zero-order chi connectivity index (χ0) is 14.5. The van der Waals surface area contributed by atoms with Gasteiger partial charge in [-0.15, -0.1) is 0 Å². The lowest BCUT2D eigenvalue weighted by atomic mass is 9.96. The summed E-state index contributed by atoms with van der Waals surface area (Å²) in [6.45, 7) is 5.65. The quantitative estimate of drug-likeness (QED) is 0.794. The first kappa shape index (κ1) is 15.2. The van der Waals surface area contributed by atoms with E-state index in [1.165, 1.54) is 13.4 Å². The normalized spacial score (nSPS) is 13.5. The van der Waals surface area contributed by atoms with Crippen LogP contribution in [0.4, 0.5) is 5.82 Å². The Hall–Kier alpha value is -1.85.